The van der Waals surface area contributed by atoms with Gasteiger partial charge in [0.15, 0.2) is 0 Å². The van der Waals surface area contributed by atoms with Crippen LogP contribution >= 0.6 is 12.4 Å². The smallest absolute Gasteiger partial charge is 0.254 e. The van der Waals surface area contributed by atoms with E-state index in [0.29, 0.717) is 0 Å². The highest BCUT2D eigenvalue weighted by Gasteiger charge is 2.20. The largest absolute Gasteiger partial charge is 0.340 e. The van der Waals surface area contributed by atoms with Crippen LogP contribution in [-0.2, 0) is 12.8 Å². The lowest BCUT2D eigenvalue weighted by Crippen LogP contribution is -2.32. The maximum atomic E-state index is 12.6. The molecule has 4 heteroatoms. The fourth-order valence-corrected chi connectivity index (χ4v) is 3.02. The van der Waals surface area contributed by atoms with Gasteiger partial charge in [-0.1, -0.05) is 24.3 Å². The molecule has 1 aliphatic rings. The van der Waals surface area contributed by atoms with Crippen molar-refractivity contribution in [2.24, 2.45) is 0 Å². The summed E-state index contributed by atoms with van der Waals surface area (Å²) < 4.78 is 0. The Kier molecular flexibility index (Phi) is 4.86. The fourth-order valence-electron chi connectivity index (χ4n) is 3.02. The third-order valence-electron chi connectivity index (χ3n) is 4.15. The molecule has 112 valence electrons. The van der Waals surface area contributed by atoms with Gasteiger partial charge < -0.3 is 10.2 Å². The molecule has 0 spiro atoms. The van der Waals surface area contributed by atoms with Crippen LogP contribution in [0.15, 0.2) is 30.3 Å². The van der Waals surface area contributed by atoms with Crippen molar-refractivity contribution in [3.05, 3.63) is 47.0 Å². The number of likely N-dealkylation sites (N-methyl/N-ethyl adjacent to an activating group) is 2. The second-order valence-corrected chi connectivity index (χ2v) is 5.44. The third kappa shape index (κ3) is 2.76. The first-order valence-electron chi connectivity index (χ1n) is 7.16. The van der Waals surface area contributed by atoms with Gasteiger partial charge in [-0.25, -0.2) is 0 Å². The average Bonchev–Trinajstić information content (AvgIpc) is 2.90. The number of nitrogens with zero attached hydrogens (tertiary/aromatic N) is 1. The summed E-state index contributed by atoms with van der Waals surface area (Å²) in [4.78, 5) is 14.4. The lowest BCUT2D eigenvalue weighted by Gasteiger charge is -2.18. The first-order chi connectivity index (χ1) is 9.72. The van der Waals surface area contributed by atoms with Gasteiger partial charge >= 0.3 is 0 Å². The van der Waals surface area contributed by atoms with E-state index in [1.807, 2.05) is 20.2 Å². The minimum absolute atomic E-state index is 0. The number of hydrogen-bond acceptors (Lipinski definition) is 2. The van der Waals surface area contributed by atoms with Gasteiger partial charge in [0.1, 0.15) is 0 Å². The number of aryl methyl sites for hydroxylation is 2. The number of carbonyl (C=O) groups excluding carboxylic acids is 1. The second-order valence-electron chi connectivity index (χ2n) is 5.44. The Bertz CT molecular complexity index is 659. The quantitative estimate of drug-likeness (QED) is 0.942. The van der Waals surface area contributed by atoms with Crippen LogP contribution in [-0.4, -0.2) is 38.0 Å². The fraction of sp³-hybridized carbons (Fsp3) is 0.353. The molecule has 1 amide bonds. The van der Waals surface area contributed by atoms with Crippen LogP contribution in [0, 0.1) is 0 Å². The Balaban J connectivity index is 0.00000161. The molecular formula is C17H21ClN2O. The topological polar surface area (TPSA) is 32.3 Å². The van der Waals surface area contributed by atoms with E-state index in [2.05, 4.69) is 29.6 Å². The molecule has 0 aromatic heterocycles. The maximum Gasteiger partial charge on any atom is 0.254 e. The summed E-state index contributed by atoms with van der Waals surface area (Å²) in [5.74, 6) is 0.107. The highest BCUT2D eigenvalue weighted by molar-refractivity contribution is 6.09. The third-order valence-corrected chi connectivity index (χ3v) is 4.15. The van der Waals surface area contributed by atoms with Crippen molar-refractivity contribution >= 4 is 29.1 Å². The van der Waals surface area contributed by atoms with Crippen molar-refractivity contribution in [2.75, 3.05) is 27.2 Å². The van der Waals surface area contributed by atoms with Gasteiger partial charge in [-0.3, -0.25) is 4.79 Å². The van der Waals surface area contributed by atoms with E-state index in [9.17, 15) is 4.79 Å². The second kappa shape index (κ2) is 6.46. The van der Waals surface area contributed by atoms with E-state index in [4.69, 9.17) is 0 Å². The normalized spacial score (nSPS) is 12.3. The molecule has 0 radical (unpaired) electrons. The predicted molar refractivity (Wildman–Crippen MR) is 89.5 cm³/mol. The van der Waals surface area contributed by atoms with Gasteiger partial charge in [0, 0.05) is 25.7 Å². The maximum absolute atomic E-state index is 12.6. The highest BCUT2D eigenvalue weighted by atomic mass is 35.5. The van der Waals surface area contributed by atoms with E-state index in [1.54, 1.807) is 4.90 Å². The number of benzene rings is 2. The summed E-state index contributed by atoms with van der Waals surface area (Å²) in [6, 6.07) is 10.4. The molecule has 1 aliphatic carbocycles. The first kappa shape index (κ1) is 15.8. The number of hydrogen-bond donors (Lipinski definition) is 1. The molecule has 0 bridgehead atoms. The number of halogens is 1. The summed E-state index contributed by atoms with van der Waals surface area (Å²) in [5.41, 5.74) is 3.58. The Morgan fingerprint density at radius 1 is 1.19 bits per heavy atom. The van der Waals surface area contributed by atoms with Crippen molar-refractivity contribution in [1.29, 1.82) is 0 Å². The SMILES string of the molecule is CNCCN(C)C(=O)c1ccc2c3c(cccc13)CC2.Cl. The van der Waals surface area contributed by atoms with E-state index in [1.165, 1.54) is 16.5 Å². The van der Waals surface area contributed by atoms with Crippen LogP contribution < -0.4 is 5.32 Å². The van der Waals surface area contributed by atoms with Crippen LogP contribution in [0.1, 0.15) is 21.5 Å². The summed E-state index contributed by atoms with van der Waals surface area (Å²) in [7, 11) is 3.76. The standard InChI is InChI=1S/C17H20N2O.ClH/c1-18-10-11-19(2)17(20)15-9-8-13-7-6-12-4-3-5-14(15)16(12)13;/h3-5,8-9,18H,6-7,10-11H2,1-2H3;1H. The molecule has 1 N–H and O–H groups in total. The molecular weight excluding hydrogens is 284 g/mol. The molecule has 2 aromatic rings. The van der Waals surface area contributed by atoms with Gasteiger partial charge in [-0.05, 0) is 47.9 Å². The van der Waals surface area contributed by atoms with Crippen LogP contribution in [0.5, 0.6) is 0 Å². The summed E-state index contributed by atoms with van der Waals surface area (Å²) in [5, 5.41) is 5.49. The number of carbonyl (C=O) groups is 1. The van der Waals surface area contributed by atoms with E-state index in [0.717, 1.165) is 36.9 Å². The Morgan fingerprint density at radius 2 is 1.90 bits per heavy atom. The molecule has 0 unspecified atom stereocenters. The van der Waals surface area contributed by atoms with Crippen LogP contribution in [0.3, 0.4) is 0 Å². The van der Waals surface area contributed by atoms with E-state index >= 15 is 0 Å². The molecule has 0 heterocycles. The summed E-state index contributed by atoms with van der Waals surface area (Å²) in [6.07, 6.45) is 2.19. The Hall–Kier alpha value is -1.58. The van der Waals surface area contributed by atoms with Gasteiger partial charge in [0.2, 0.25) is 0 Å². The minimum Gasteiger partial charge on any atom is -0.340 e. The monoisotopic (exact) mass is 304 g/mol. The van der Waals surface area contributed by atoms with E-state index in [-0.39, 0.29) is 18.3 Å². The average molecular weight is 305 g/mol. The minimum atomic E-state index is 0. The van der Waals surface area contributed by atoms with Gasteiger partial charge in [0.05, 0.1) is 0 Å². The first-order valence-corrected chi connectivity index (χ1v) is 7.16. The molecule has 0 saturated carbocycles. The molecule has 2 aromatic carbocycles. The Labute approximate surface area is 131 Å². The number of nitrogens with one attached hydrogen (secondary N) is 1. The van der Waals surface area contributed by atoms with Crippen LogP contribution in [0.4, 0.5) is 0 Å². The molecule has 0 saturated heterocycles. The van der Waals surface area contributed by atoms with E-state index < -0.39 is 0 Å². The molecule has 21 heavy (non-hydrogen) atoms. The number of amides is 1. The van der Waals surface area contributed by atoms with Gasteiger partial charge in [-0.2, -0.15) is 0 Å². The molecule has 0 atom stereocenters. The van der Waals surface area contributed by atoms with Gasteiger partial charge in [0.25, 0.3) is 5.91 Å². The Morgan fingerprint density at radius 3 is 2.62 bits per heavy atom. The zero-order valence-corrected chi connectivity index (χ0v) is 13.3. The molecule has 3 nitrogen and oxygen atoms in total. The number of rotatable bonds is 4. The summed E-state index contributed by atoms with van der Waals surface area (Å²) in [6.45, 7) is 1.53. The highest BCUT2D eigenvalue weighted by Crippen LogP contribution is 2.33. The zero-order valence-electron chi connectivity index (χ0n) is 12.5. The molecule has 0 fully saturated rings. The lowest BCUT2D eigenvalue weighted by atomic mass is 9.99. The predicted octanol–water partition coefficient (Wildman–Crippen LogP) is 2.65. The van der Waals surface area contributed by atoms with Crippen LogP contribution in [0.2, 0.25) is 0 Å². The van der Waals surface area contributed by atoms with Crippen molar-refractivity contribution in [3.8, 4) is 0 Å². The van der Waals surface area contributed by atoms with Crippen molar-refractivity contribution in [1.82, 2.24) is 10.2 Å². The van der Waals surface area contributed by atoms with Crippen molar-refractivity contribution in [2.45, 2.75) is 12.8 Å². The van der Waals surface area contributed by atoms with Crippen molar-refractivity contribution < 1.29 is 4.79 Å². The summed E-state index contributed by atoms with van der Waals surface area (Å²) >= 11 is 0. The van der Waals surface area contributed by atoms with Crippen molar-refractivity contribution in [3.63, 3.8) is 0 Å². The molecule has 3 rings (SSSR count). The molecule has 0 aliphatic heterocycles. The van der Waals surface area contributed by atoms with Crippen LogP contribution in [0.25, 0.3) is 10.8 Å². The van der Waals surface area contributed by atoms with Gasteiger partial charge in [-0.15, -0.1) is 12.4 Å². The zero-order chi connectivity index (χ0) is 14.1. The lowest BCUT2D eigenvalue weighted by molar-refractivity contribution is 0.0799.